The molecule has 3 N–H and O–H groups in total. The first-order chi connectivity index (χ1) is 6.07. The molecule has 0 aliphatic heterocycles. The van der Waals surface area contributed by atoms with E-state index in [4.69, 9.17) is 10.8 Å². The summed E-state index contributed by atoms with van der Waals surface area (Å²) in [4.78, 5) is 12.4. The average molecular weight is 186 g/mol. The molecule has 0 aliphatic carbocycles. The van der Waals surface area contributed by atoms with Gasteiger partial charge in [-0.2, -0.15) is 0 Å². The molecule has 0 spiro atoms. The summed E-state index contributed by atoms with van der Waals surface area (Å²) in [7, 11) is 1.97. The minimum Gasteiger partial charge on any atom is -0.480 e. The van der Waals surface area contributed by atoms with Crippen molar-refractivity contribution in [3.63, 3.8) is 0 Å². The third-order valence-electron chi connectivity index (χ3n) is 1.81. The minimum absolute atomic E-state index is 0.525. The highest BCUT2D eigenvalue weighted by atomic mass is 16.4. The first kappa shape index (κ1) is 12.1. The minimum atomic E-state index is -0.925. The Balaban J connectivity index is 3.44. The predicted molar refractivity (Wildman–Crippen MR) is 52.5 cm³/mol. The van der Waals surface area contributed by atoms with Gasteiger partial charge in [0, 0.05) is 6.54 Å². The third kappa shape index (κ3) is 6.31. The molecule has 0 saturated heterocycles. The number of likely N-dealkylation sites (N-methyl/N-ethyl adjacent to an activating group) is 1. The van der Waals surface area contributed by atoms with Gasteiger partial charge in [-0.15, -0.1) is 6.58 Å². The van der Waals surface area contributed by atoms with E-state index in [1.165, 1.54) is 0 Å². The molecule has 0 bridgehead atoms. The maximum absolute atomic E-state index is 10.3. The number of carbonyl (C=O) groups is 1. The standard InChI is InChI=1S/C9H18N2O2/c1-3-6-11(2)7-4-5-8(10)9(12)13/h3,8H,1,4-7,10H2,2H3,(H,12,13)/t8-/m0/s1. The van der Waals surface area contributed by atoms with Gasteiger partial charge in [-0.3, -0.25) is 4.79 Å². The number of hydrogen-bond acceptors (Lipinski definition) is 3. The highest BCUT2D eigenvalue weighted by molar-refractivity contribution is 5.72. The number of rotatable bonds is 7. The first-order valence-electron chi connectivity index (χ1n) is 4.35. The molecule has 0 fully saturated rings. The van der Waals surface area contributed by atoms with Crippen molar-refractivity contribution in [3.05, 3.63) is 12.7 Å². The van der Waals surface area contributed by atoms with Crippen molar-refractivity contribution in [2.45, 2.75) is 18.9 Å². The summed E-state index contributed by atoms with van der Waals surface area (Å²) in [5, 5.41) is 8.50. The van der Waals surface area contributed by atoms with Crippen molar-refractivity contribution in [1.82, 2.24) is 4.90 Å². The molecule has 4 nitrogen and oxygen atoms in total. The molecule has 0 aliphatic rings. The van der Waals surface area contributed by atoms with E-state index in [2.05, 4.69) is 11.5 Å². The quantitative estimate of drug-likeness (QED) is 0.561. The van der Waals surface area contributed by atoms with Crippen molar-refractivity contribution < 1.29 is 9.90 Å². The zero-order valence-electron chi connectivity index (χ0n) is 8.07. The summed E-state index contributed by atoms with van der Waals surface area (Å²) in [5.74, 6) is -0.925. The van der Waals surface area contributed by atoms with Gasteiger partial charge in [0.05, 0.1) is 0 Å². The van der Waals surface area contributed by atoms with Crippen LogP contribution in [-0.2, 0) is 4.79 Å². The normalized spacial score (nSPS) is 12.8. The van der Waals surface area contributed by atoms with E-state index in [-0.39, 0.29) is 0 Å². The molecule has 13 heavy (non-hydrogen) atoms. The van der Waals surface area contributed by atoms with E-state index in [0.717, 1.165) is 19.5 Å². The van der Waals surface area contributed by atoms with E-state index in [9.17, 15) is 4.79 Å². The van der Waals surface area contributed by atoms with Gasteiger partial charge in [0.2, 0.25) is 0 Å². The lowest BCUT2D eigenvalue weighted by atomic mass is 10.1. The number of hydrogen-bond donors (Lipinski definition) is 2. The Morgan fingerprint density at radius 3 is 2.85 bits per heavy atom. The van der Waals surface area contributed by atoms with Crippen LogP contribution < -0.4 is 5.73 Å². The molecule has 0 unspecified atom stereocenters. The Kier molecular flexibility index (Phi) is 6.18. The molecule has 0 aromatic carbocycles. The summed E-state index contributed by atoms with van der Waals surface area (Å²) in [6.07, 6.45) is 3.14. The van der Waals surface area contributed by atoms with Gasteiger partial charge in [-0.25, -0.2) is 0 Å². The zero-order valence-corrected chi connectivity index (χ0v) is 8.07. The SMILES string of the molecule is C=CCN(C)CCC[C@H](N)C(=O)O. The van der Waals surface area contributed by atoms with E-state index >= 15 is 0 Å². The van der Waals surface area contributed by atoms with Crippen molar-refractivity contribution in [2.24, 2.45) is 5.73 Å². The third-order valence-corrected chi connectivity index (χ3v) is 1.81. The molecule has 1 atom stereocenters. The summed E-state index contributed by atoms with van der Waals surface area (Å²) in [5.41, 5.74) is 5.34. The van der Waals surface area contributed by atoms with Crippen LogP contribution in [0.2, 0.25) is 0 Å². The second-order valence-electron chi connectivity index (χ2n) is 3.14. The van der Waals surface area contributed by atoms with Crippen LogP contribution in [0.15, 0.2) is 12.7 Å². The Morgan fingerprint density at radius 2 is 2.38 bits per heavy atom. The molecule has 0 rings (SSSR count). The zero-order chi connectivity index (χ0) is 10.3. The van der Waals surface area contributed by atoms with Gasteiger partial charge >= 0.3 is 5.97 Å². The lowest BCUT2D eigenvalue weighted by Gasteiger charge is -2.14. The molecule has 0 aromatic heterocycles. The summed E-state index contributed by atoms with van der Waals surface area (Å²) in [6.45, 7) is 5.29. The molecule has 0 amide bonds. The van der Waals surface area contributed by atoms with E-state index in [1.807, 2.05) is 13.1 Å². The monoisotopic (exact) mass is 186 g/mol. The van der Waals surface area contributed by atoms with Gasteiger partial charge in [-0.05, 0) is 26.4 Å². The molecule has 0 saturated carbocycles. The lowest BCUT2D eigenvalue weighted by molar-refractivity contribution is -0.138. The molecule has 0 aromatic rings. The topological polar surface area (TPSA) is 66.6 Å². The number of nitrogens with two attached hydrogens (primary N) is 1. The van der Waals surface area contributed by atoms with E-state index in [0.29, 0.717) is 6.42 Å². The van der Waals surface area contributed by atoms with Crippen molar-refractivity contribution in [2.75, 3.05) is 20.1 Å². The van der Waals surface area contributed by atoms with Gasteiger partial charge in [-0.1, -0.05) is 6.08 Å². The van der Waals surface area contributed by atoms with Crippen LogP contribution in [0.3, 0.4) is 0 Å². The molecular weight excluding hydrogens is 168 g/mol. The Hall–Kier alpha value is -0.870. The largest absolute Gasteiger partial charge is 0.480 e. The smallest absolute Gasteiger partial charge is 0.320 e. The fraction of sp³-hybridized carbons (Fsp3) is 0.667. The molecular formula is C9H18N2O2. The van der Waals surface area contributed by atoms with Crippen molar-refractivity contribution >= 4 is 5.97 Å². The van der Waals surface area contributed by atoms with E-state index in [1.54, 1.807) is 0 Å². The van der Waals surface area contributed by atoms with Gasteiger partial charge in [0.1, 0.15) is 6.04 Å². The van der Waals surface area contributed by atoms with Crippen LogP contribution in [0.25, 0.3) is 0 Å². The number of nitrogens with zero attached hydrogens (tertiary/aromatic N) is 1. The highest BCUT2D eigenvalue weighted by Gasteiger charge is 2.10. The van der Waals surface area contributed by atoms with Crippen LogP contribution in [0.1, 0.15) is 12.8 Å². The maximum atomic E-state index is 10.3. The second kappa shape index (κ2) is 6.62. The van der Waals surface area contributed by atoms with Crippen LogP contribution in [-0.4, -0.2) is 42.2 Å². The number of carboxylic acid groups (broad SMARTS) is 1. The van der Waals surface area contributed by atoms with Crippen LogP contribution >= 0.6 is 0 Å². The Bertz CT molecular complexity index is 171. The van der Waals surface area contributed by atoms with Gasteiger partial charge in [0.25, 0.3) is 0 Å². The van der Waals surface area contributed by atoms with Crippen molar-refractivity contribution in [3.8, 4) is 0 Å². The summed E-state index contributed by atoms with van der Waals surface area (Å²) < 4.78 is 0. The fourth-order valence-corrected chi connectivity index (χ4v) is 1.02. The number of aliphatic carboxylic acids is 1. The first-order valence-corrected chi connectivity index (χ1v) is 4.35. The maximum Gasteiger partial charge on any atom is 0.320 e. The molecule has 0 heterocycles. The Labute approximate surface area is 79.0 Å². The van der Waals surface area contributed by atoms with Crippen LogP contribution in [0, 0.1) is 0 Å². The fourth-order valence-electron chi connectivity index (χ4n) is 1.02. The number of carboxylic acids is 1. The Morgan fingerprint density at radius 1 is 1.77 bits per heavy atom. The second-order valence-corrected chi connectivity index (χ2v) is 3.14. The van der Waals surface area contributed by atoms with E-state index < -0.39 is 12.0 Å². The molecule has 4 heteroatoms. The lowest BCUT2D eigenvalue weighted by Crippen LogP contribution is -2.31. The van der Waals surface area contributed by atoms with Gasteiger partial charge in [0.15, 0.2) is 0 Å². The summed E-state index contributed by atoms with van der Waals surface area (Å²) in [6, 6.07) is -0.725. The van der Waals surface area contributed by atoms with Crippen LogP contribution in [0.5, 0.6) is 0 Å². The van der Waals surface area contributed by atoms with Crippen LogP contribution in [0.4, 0.5) is 0 Å². The average Bonchev–Trinajstić information content (AvgIpc) is 2.04. The molecule has 76 valence electrons. The predicted octanol–water partition coefficient (Wildman–Crippen LogP) is 0.296. The van der Waals surface area contributed by atoms with Crippen molar-refractivity contribution in [1.29, 1.82) is 0 Å². The highest BCUT2D eigenvalue weighted by Crippen LogP contribution is 1.96. The van der Waals surface area contributed by atoms with Gasteiger partial charge < -0.3 is 15.7 Å². The summed E-state index contributed by atoms with van der Waals surface area (Å²) >= 11 is 0. The molecule has 0 radical (unpaired) electrons.